The van der Waals surface area contributed by atoms with Gasteiger partial charge in [-0.15, -0.1) is 0 Å². The predicted octanol–water partition coefficient (Wildman–Crippen LogP) is 4.38. The molecule has 0 aliphatic carbocycles. The van der Waals surface area contributed by atoms with Crippen LogP contribution in [0.4, 0.5) is 5.69 Å². The molecule has 0 bridgehead atoms. The molecule has 0 amide bonds. The van der Waals surface area contributed by atoms with Gasteiger partial charge in [-0.3, -0.25) is 0 Å². The first-order valence-corrected chi connectivity index (χ1v) is 5.95. The number of hydrogen-bond acceptors (Lipinski definition) is 3. The summed E-state index contributed by atoms with van der Waals surface area (Å²) in [5.74, 6) is 0.925. The molecular formula is C13H11Cl2NO2. The summed E-state index contributed by atoms with van der Waals surface area (Å²) in [6.45, 7) is 1.84. The highest BCUT2D eigenvalue weighted by Crippen LogP contribution is 2.36. The Kier molecular flexibility index (Phi) is 3.55. The Morgan fingerprint density at radius 1 is 1.17 bits per heavy atom. The van der Waals surface area contributed by atoms with Crippen molar-refractivity contribution in [1.82, 2.24) is 0 Å². The largest absolute Gasteiger partial charge is 0.506 e. The topological polar surface area (TPSA) is 55.5 Å². The van der Waals surface area contributed by atoms with Crippen LogP contribution in [0.2, 0.25) is 10.0 Å². The maximum Gasteiger partial charge on any atom is 0.149 e. The van der Waals surface area contributed by atoms with E-state index in [9.17, 15) is 5.11 Å². The second-order valence-electron chi connectivity index (χ2n) is 3.86. The van der Waals surface area contributed by atoms with E-state index in [-0.39, 0.29) is 5.75 Å². The quantitative estimate of drug-likeness (QED) is 0.635. The molecule has 0 spiro atoms. The smallest absolute Gasteiger partial charge is 0.149 e. The van der Waals surface area contributed by atoms with Crippen molar-refractivity contribution in [2.45, 2.75) is 6.92 Å². The summed E-state index contributed by atoms with van der Waals surface area (Å²) in [6, 6.07) is 7.99. The first-order valence-electron chi connectivity index (χ1n) is 5.19. The number of hydrogen-bond donors (Lipinski definition) is 2. The van der Waals surface area contributed by atoms with Gasteiger partial charge < -0.3 is 15.6 Å². The standard InChI is InChI=1S/C13H11Cl2NO2/c1-7-4-8(14)5-10(15)13(7)18-9-2-3-11(16)12(17)6-9/h2-6,17H,16H2,1H3. The Labute approximate surface area is 115 Å². The molecule has 3 N–H and O–H groups in total. The number of phenolic OH excluding ortho intramolecular Hbond substituents is 1. The van der Waals surface area contributed by atoms with Crippen molar-refractivity contribution in [2.75, 3.05) is 5.73 Å². The van der Waals surface area contributed by atoms with Crippen molar-refractivity contribution in [2.24, 2.45) is 0 Å². The van der Waals surface area contributed by atoms with Crippen molar-refractivity contribution < 1.29 is 9.84 Å². The van der Waals surface area contributed by atoms with E-state index in [1.165, 1.54) is 6.07 Å². The van der Waals surface area contributed by atoms with Gasteiger partial charge in [-0.25, -0.2) is 0 Å². The van der Waals surface area contributed by atoms with Gasteiger partial charge in [0.05, 0.1) is 10.7 Å². The Hall–Kier alpha value is -1.58. The lowest BCUT2D eigenvalue weighted by atomic mass is 10.2. The molecule has 0 atom stereocenters. The molecule has 94 valence electrons. The van der Waals surface area contributed by atoms with Crippen LogP contribution in [0.1, 0.15) is 5.56 Å². The van der Waals surface area contributed by atoms with E-state index < -0.39 is 0 Å². The zero-order chi connectivity index (χ0) is 13.3. The van der Waals surface area contributed by atoms with Gasteiger partial charge >= 0.3 is 0 Å². The predicted molar refractivity (Wildman–Crippen MR) is 73.8 cm³/mol. The molecule has 2 aromatic carbocycles. The fraction of sp³-hybridized carbons (Fsp3) is 0.0769. The van der Waals surface area contributed by atoms with Gasteiger partial charge in [0.2, 0.25) is 0 Å². The van der Waals surface area contributed by atoms with E-state index >= 15 is 0 Å². The van der Waals surface area contributed by atoms with Crippen molar-refractivity contribution in [3.8, 4) is 17.2 Å². The van der Waals surface area contributed by atoms with Crippen LogP contribution in [0.15, 0.2) is 30.3 Å². The minimum Gasteiger partial charge on any atom is -0.506 e. The third kappa shape index (κ3) is 2.63. The lowest BCUT2D eigenvalue weighted by molar-refractivity contribution is 0.455. The first-order chi connectivity index (χ1) is 8.47. The number of anilines is 1. The van der Waals surface area contributed by atoms with Crippen molar-refractivity contribution in [3.63, 3.8) is 0 Å². The van der Waals surface area contributed by atoms with Gasteiger partial charge in [-0.05, 0) is 36.8 Å². The molecule has 0 heterocycles. The summed E-state index contributed by atoms with van der Waals surface area (Å²) < 4.78 is 5.62. The number of phenols is 1. The van der Waals surface area contributed by atoms with Crippen LogP contribution < -0.4 is 10.5 Å². The Balaban J connectivity index is 2.37. The number of benzene rings is 2. The normalized spacial score (nSPS) is 10.4. The van der Waals surface area contributed by atoms with E-state index in [2.05, 4.69) is 0 Å². The van der Waals surface area contributed by atoms with Crippen molar-refractivity contribution >= 4 is 28.9 Å². The summed E-state index contributed by atoms with van der Waals surface area (Å²) >= 11 is 11.9. The van der Waals surface area contributed by atoms with Crippen LogP contribution in [-0.4, -0.2) is 5.11 Å². The molecule has 2 rings (SSSR count). The van der Waals surface area contributed by atoms with E-state index in [1.54, 1.807) is 24.3 Å². The summed E-state index contributed by atoms with van der Waals surface area (Å²) in [4.78, 5) is 0. The molecule has 0 aliphatic rings. The molecule has 0 aromatic heterocycles. The number of nitrogens with two attached hydrogens (primary N) is 1. The third-order valence-electron chi connectivity index (χ3n) is 2.42. The highest BCUT2D eigenvalue weighted by molar-refractivity contribution is 6.35. The van der Waals surface area contributed by atoms with E-state index in [0.29, 0.717) is 27.2 Å². The number of aryl methyl sites for hydroxylation is 1. The summed E-state index contributed by atoms with van der Waals surface area (Å²) in [7, 11) is 0. The van der Waals surface area contributed by atoms with Crippen LogP contribution in [0.3, 0.4) is 0 Å². The maximum atomic E-state index is 9.50. The number of aromatic hydroxyl groups is 1. The summed E-state index contributed by atoms with van der Waals surface area (Å²) in [6.07, 6.45) is 0. The van der Waals surface area contributed by atoms with Gasteiger partial charge in [0.25, 0.3) is 0 Å². The highest BCUT2D eigenvalue weighted by Gasteiger charge is 2.09. The minimum atomic E-state index is -0.0322. The number of nitrogen functional groups attached to an aromatic ring is 1. The fourth-order valence-corrected chi connectivity index (χ4v) is 2.16. The van der Waals surface area contributed by atoms with Crippen molar-refractivity contribution in [1.29, 1.82) is 0 Å². The van der Waals surface area contributed by atoms with Gasteiger partial charge in [-0.1, -0.05) is 23.2 Å². The van der Waals surface area contributed by atoms with Crippen LogP contribution in [0.25, 0.3) is 0 Å². The van der Waals surface area contributed by atoms with E-state index in [4.69, 9.17) is 33.7 Å². The Morgan fingerprint density at radius 2 is 1.89 bits per heavy atom. The van der Waals surface area contributed by atoms with Crippen molar-refractivity contribution in [3.05, 3.63) is 45.9 Å². The van der Waals surface area contributed by atoms with Gasteiger partial charge in [-0.2, -0.15) is 0 Å². The zero-order valence-electron chi connectivity index (χ0n) is 9.58. The SMILES string of the molecule is Cc1cc(Cl)cc(Cl)c1Oc1ccc(N)c(O)c1. The van der Waals surface area contributed by atoms with Gasteiger partial charge in [0.15, 0.2) is 0 Å². The van der Waals surface area contributed by atoms with Crippen LogP contribution in [-0.2, 0) is 0 Å². The molecule has 0 saturated heterocycles. The maximum absolute atomic E-state index is 9.50. The Morgan fingerprint density at radius 3 is 2.50 bits per heavy atom. The average Bonchev–Trinajstić information content (AvgIpc) is 2.28. The van der Waals surface area contributed by atoms with Crippen LogP contribution in [0, 0.1) is 6.92 Å². The lowest BCUT2D eigenvalue weighted by Gasteiger charge is -2.11. The molecule has 0 saturated carbocycles. The zero-order valence-corrected chi connectivity index (χ0v) is 11.1. The second kappa shape index (κ2) is 4.96. The van der Waals surface area contributed by atoms with E-state index in [0.717, 1.165) is 5.56 Å². The molecule has 5 heteroatoms. The molecule has 0 radical (unpaired) electrons. The minimum absolute atomic E-state index is 0.0322. The van der Waals surface area contributed by atoms with Gasteiger partial charge in [0.1, 0.15) is 17.2 Å². The molecule has 0 fully saturated rings. The number of halogens is 2. The second-order valence-corrected chi connectivity index (χ2v) is 4.70. The fourth-order valence-electron chi connectivity index (χ4n) is 1.52. The molecular weight excluding hydrogens is 273 g/mol. The third-order valence-corrected chi connectivity index (χ3v) is 2.91. The van der Waals surface area contributed by atoms with E-state index in [1.807, 2.05) is 6.92 Å². The monoisotopic (exact) mass is 283 g/mol. The molecule has 18 heavy (non-hydrogen) atoms. The van der Waals surface area contributed by atoms with Crippen LogP contribution in [0.5, 0.6) is 17.2 Å². The Bertz CT molecular complexity index is 577. The lowest BCUT2D eigenvalue weighted by Crippen LogP contribution is -1.91. The summed E-state index contributed by atoms with van der Waals surface area (Å²) in [5, 5.41) is 10.5. The number of ether oxygens (including phenoxy) is 1. The molecule has 0 aliphatic heterocycles. The molecule has 0 unspecified atom stereocenters. The van der Waals surface area contributed by atoms with Crippen LogP contribution >= 0.6 is 23.2 Å². The summed E-state index contributed by atoms with van der Waals surface area (Å²) in [5.41, 5.74) is 6.61. The molecule has 3 nitrogen and oxygen atoms in total. The number of rotatable bonds is 2. The highest BCUT2D eigenvalue weighted by atomic mass is 35.5. The first kappa shape index (κ1) is 12.9. The molecule has 2 aromatic rings. The average molecular weight is 284 g/mol. The van der Waals surface area contributed by atoms with Gasteiger partial charge in [0, 0.05) is 11.1 Å².